The Bertz CT molecular complexity index is 1520. The normalized spacial score (nSPS) is 12.4. The van der Waals surface area contributed by atoms with Crippen molar-refractivity contribution in [2.24, 2.45) is 0 Å². The fraction of sp³-hybridized carbons (Fsp3) is 0.107. The van der Waals surface area contributed by atoms with E-state index in [1.165, 1.54) is 0 Å². The maximum atomic E-state index is 14.1. The van der Waals surface area contributed by atoms with Gasteiger partial charge in [-0.25, -0.2) is 31.9 Å². The first kappa shape index (κ1) is 24.3. The zero-order chi connectivity index (χ0) is 26.1. The third kappa shape index (κ3) is 4.72. The summed E-state index contributed by atoms with van der Waals surface area (Å²) in [7, 11) is 0. The number of benzene rings is 3. The number of hydrogen-bond donors (Lipinski definition) is 1. The van der Waals surface area contributed by atoms with E-state index in [9.17, 15) is 26.7 Å². The van der Waals surface area contributed by atoms with Gasteiger partial charge >= 0.3 is 0 Å². The van der Waals surface area contributed by atoms with E-state index in [0.29, 0.717) is 24.2 Å². The largest absolute Gasteiger partial charge is 0.309 e. The van der Waals surface area contributed by atoms with Crippen molar-refractivity contribution in [2.45, 2.75) is 19.3 Å². The molecule has 4 aromatic rings. The first-order valence-electron chi connectivity index (χ1n) is 11.4. The van der Waals surface area contributed by atoms with Crippen molar-refractivity contribution < 1.29 is 26.7 Å². The Hall–Kier alpha value is -4.40. The molecule has 1 heterocycles. The zero-order valence-corrected chi connectivity index (χ0v) is 19.2. The van der Waals surface area contributed by atoms with Gasteiger partial charge in [0, 0.05) is 11.1 Å². The minimum Gasteiger partial charge on any atom is -0.309 e. The zero-order valence-electron chi connectivity index (χ0n) is 19.2. The molecule has 0 radical (unpaired) electrons. The van der Waals surface area contributed by atoms with Crippen LogP contribution >= 0.6 is 0 Å². The van der Waals surface area contributed by atoms with E-state index in [0.717, 1.165) is 16.7 Å². The maximum absolute atomic E-state index is 14.1. The smallest absolute Gasteiger partial charge is 0.230 e. The van der Waals surface area contributed by atoms with Crippen LogP contribution in [0.5, 0.6) is 0 Å². The summed E-state index contributed by atoms with van der Waals surface area (Å²) >= 11 is 0. The highest BCUT2D eigenvalue weighted by Gasteiger charge is 2.28. The van der Waals surface area contributed by atoms with E-state index in [-0.39, 0.29) is 11.5 Å². The van der Waals surface area contributed by atoms with Crippen LogP contribution in [0.15, 0.2) is 54.6 Å². The molecule has 0 bridgehead atoms. The molecule has 3 aromatic carbocycles. The molecule has 5 rings (SSSR count). The number of halogens is 5. The number of carbonyl (C=O) groups is 1. The SMILES string of the molecule is O=C(Cc1c(F)c(F)c(F)c(F)c1F)Nc1nc2c(nc1/C=C/c1ccccc1)-c1ccccc1CC2. The van der Waals surface area contributed by atoms with Crippen LogP contribution in [0.3, 0.4) is 0 Å². The molecule has 186 valence electrons. The van der Waals surface area contributed by atoms with Crippen molar-refractivity contribution in [3.05, 3.63) is 112 Å². The molecule has 1 aliphatic carbocycles. The van der Waals surface area contributed by atoms with Crippen LogP contribution in [-0.4, -0.2) is 15.9 Å². The Morgan fingerprint density at radius 1 is 0.784 bits per heavy atom. The van der Waals surface area contributed by atoms with Gasteiger partial charge in [-0.1, -0.05) is 60.7 Å². The van der Waals surface area contributed by atoms with Crippen LogP contribution in [0.1, 0.15) is 28.1 Å². The van der Waals surface area contributed by atoms with Crippen molar-refractivity contribution in [3.8, 4) is 11.3 Å². The number of carbonyl (C=O) groups excluding carboxylic acids is 1. The monoisotopic (exact) mass is 507 g/mol. The summed E-state index contributed by atoms with van der Waals surface area (Å²) in [5.74, 6) is -11.6. The maximum Gasteiger partial charge on any atom is 0.230 e. The van der Waals surface area contributed by atoms with E-state index in [4.69, 9.17) is 4.98 Å². The molecule has 9 heteroatoms. The van der Waals surface area contributed by atoms with Crippen molar-refractivity contribution in [3.63, 3.8) is 0 Å². The Morgan fingerprint density at radius 3 is 2.16 bits per heavy atom. The van der Waals surface area contributed by atoms with Crippen LogP contribution < -0.4 is 5.32 Å². The molecule has 0 aliphatic heterocycles. The highest BCUT2D eigenvalue weighted by Crippen LogP contribution is 2.33. The standard InChI is InChI=1S/C28H18F5N3O/c29-22-18(23(30)25(32)26(33)24(22)31)14-21(37)36-28-20(12-10-15-6-2-1-3-7-15)34-27-17-9-5-4-8-16(17)11-13-19(27)35-28/h1-10,12H,11,13-14H2,(H,35,36,37)/b12-10+. The minimum absolute atomic E-state index is 0.0131. The molecule has 1 aromatic heterocycles. The molecule has 1 amide bonds. The number of aromatic nitrogens is 2. The second kappa shape index (κ2) is 9.93. The first-order valence-corrected chi connectivity index (χ1v) is 11.4. The third-order valence-electron chi connectivity index (χ3n) is 6.03. The molecule has 0 spiro atoms. The average Bonchev–Trinajstić information content (AvgIpc) is 2.92. The highest BCUT2D eigenvalue weighted by atomic mass is 19.2. The quantitative estimate of drug-likeness (QED) is 0.196. The van der Waals surface area contributed by atoms with Crippen LogP contribution in [0.25, 0.3) is 23.4 Å². The molecule has 0 fully saturated rings. The summed E-state index contributed by atoms with van der Waals surface area (Å²) < 4.78 is 68.8. The summed E-state index contributed by atoms with van der Waals surface area (Å²) in [6, 6.07) is 17.0. The van der Waals surface area contributed by atoms with Crippen LogP contribution in [0.2, 0.25) is 0 Å². The number of nitrogens with zero attached hydrogens (tertiary/aromatic N) is 2. The Kier molecular flexibility index (Phi) is 6.52. The Morgan fingerprint density at radius 2 is 1.43 bits per heavy atom. The lowest BCUT2D eigenvalue weighted by Gasteiger charge is -2.20. The van der Waals surface area contributed by atoms with Crippen molar-refractivity contribution in [1.82, 2.24) is 9.97 Å². The fourth-order valence-electron chi connectivity index (χ4n) is 4.19. The summed E-state index contributed by atoms with van der Waals surface area (Å²) in [6.45, 7) is 0. The number of hydrogen-bond acceptors (Lipinski definition) is 3. The lowest BCUT2D eigenvalue weighted by Crippen LogP contribution is -2.21. The van der Waals surface area contributed by atoms with E-state index < -0.39 is 47.0 Å². The van der Waals surface area contributed by atoms with E-state index >= 15 is 0 Å². The number of amides is 1. The van der Waals surface area contributed by atoms with Crippen LogP contribution in [0, 0.1) is 29.1 Å². The number of nitrogens with one attached hydrogen (secondary N) is 1. The number of anilines is 1. The summed E-state index contributed by atoms with van der Waals surface area (Å²) in [5, 5.41) is 2.44. The Balaban J connectivity index is 1.52. The second-order valence-electron chi connectivity index (χ2n) is 8.43. The highest BCUT2D eigenvalue weighted by molar-refractivity contribution is 5.94. The van der Waals surface area contributed by atoms with E-state index in [1.807, 2.05) is 54.6 Å². The number of rotatable bonds is 5. The second-order valence-corrected chi connectivity index (χ2v) is 8.43. The predicted molar refractivity (Wildman–Crippen MR) is 129 cm³/mol. The average molecular weight is 507 g/mol. The molecule has 0 saturated carbocycles. The van der Waals surface area contributed by atoms with E-state index in [2.05, 4.69) is 10.3 Å². The fourth-order valence-corrected chi connectivity index (χ4v) is 4.19. The van der Waals surface area contributed by atoms with E-state index in [1.54, 1.807) is 12.2 Å². The molecular weight excluding hydrogens is 489 g/mol. The molecule has 1 N–H and O–H groups in total. The van der Waals surface area contributed by atoms with Gasteiger partial charge in [0.05, 0.1) is 17.8 Å². The van der Waals surface area contributed by atoms with Crippen molar-refractivity contribution >= 4 is 23.9 Å². The molecule has 4 nitrogen and oxygen atoms in total. The van der Waals surface area contributed by atoms with Crippen molar-refractivity contribution in [2.75, 3.05) is 5.32 Å². The molecule has 0 unspecified atom stereocenters. The molecule has 0 saturated heterocycles. The number of aryl methyl sites for hydroxylation is 2. The van der Waals surface area contributed by atoms with Crippen LogP contribution in [0.4, 0.5) is 27.8 Å². The molecule has 1 aliphatic rings. The van der Waals surface area contributed by atoms with Gasteiger partial charge in [-0.05, 0) is 30.0 Å². The van der Waals surface area contributed by atoms with Gasteiger partial charge in [-0.3, -0.25) is 4.79 Å². The molecule has 0 atom stereocenters. The van der Waals surface area contributed by atoms with Gasteiger partial charge in [0.2, 0.25) is 11.7 Å². The predicted octanol–water partition coefficient (Wildman–Crippen LogP) is 6.29. The number of fused-ring (bicyclic) bond motifs is 3. The molecule has 37 heavy (non-hydrogen) atoms. The topological polar surface area (TPSA) is 54.9 Å². The van der Waals surface area contributed by atoms with Gasteiger partial charge in [-0.2, -0.15) is 0 Å². The van der Waals surface area contributed by atoms with Gasteiger partial charge < -0.3 is 5.32 Å². The van der Waals surface area contributed by atoms with Gasteiger partial charge in [-0.15, -0.1) is 0 Å². The third-order valence-corrected chi connectivity index (χ3v) is 6.03. The van der Waals surface area contributed by atoms with Gasteiger partial charge in [0.25, 0.3) is 0 Å². The summed E-state index contributed by atoms with van der Waals surface area (Å²) in [4.78, 5) is 22.0. The van der Waals surface area contributed by atoms with Crippen molar-refractivity contribution in [1.29, 1.82) is 0 Å². The first-order chi connectivity index (χ1) is 17.8. The lowest BCUT2D eigenvalue weighted by atomic mass is 9.92. The van der Waals surface area contributed by atoms with Gasteiger partial charge in [0.1, 0.15) is 5.69 Å². The summed E-state index contributed by atoms with van der Waals surface area (Å²) in [5.41, 5.74) is 3.16. The van der Waals surface area contributed by atoms with Gasteiger partial charge in [0.15, 0.2) is 29.1 Å². The Labute approximate surface area is 208 Å². The van der Waals surface area contributed by atoms with Crippen LogP contribution in [-0.2, 0) is 24.1 Å². The lowest BCUT2D eigenvalue weighted by molar-refractivity contribution is -0.115. The molecular formula is C28H18F5N3O. The summed E-state index contributed by atoms with van der Waals surface area (Å²) in [6.07, 6.45) is 3.55. The minimum atomic E-state index is -2.28.